The maximum absolute atomic E-state index is 11.7. The standard InChI is InChI=1S/C13H25N3O2S/c1-5-9-19(17,18)10-8-16-7-6-14-12(16)11-15-13(2,3)4/h6-7,15H,5,8-11H2,1-4H3. The normalized spacial score (nSPS) is 12.8. The number of nitrogens with zero attached hydrogens (tertiary/aromatic N) is 2. The molecule has 0 saturated carbocycles. The fourth-order valence-electron chi connectivity index (χ4n) is 1.71. The van der Waals surface area contributed by atoms with Gasteiger partial charge < -0.3 is 9.88 Å². The summed E-state index contributed by atoms with van der Waals surface area (Å²) >= 11 is 0. The van der Waals surface area contributed by atoms with Gasteiger partial charge in [-0.05, 0) is 27.2 Å². The van der Waals surface area contributed by atoms with E-state index in [0.29, 0.717) is 19.5 Å². The quantitative estimate of drug-likeness (QED) is 0.827. The Morgan fingerprint density at radius 3 is 2.58 bits per heavy atom. The van der Waals surface area contributed by atoms with Gasteiger partial charge in [-0.1, -0.05) is 6.92 Å². The highest BCUT2D eigenvalue weighted by Gasteiger charge is 2.13. The summed E-state index contributed by atoms with van der Waals surface area (Å²) in [5.74, 6) is 1.32. The predicted molar refractivity (Wildman–Crippen MR) is 77.8 cm³/mol. The number of aryl methyl sites for hydroxylation is 1. The Kier molecular flexibility index (Phi) is 5.55. The Morgan fingerprint density at radius 2 is 2.00 bits per heavy atom. The molecule has 0 radical (unpaired) electrons. The fraction of sp³-hybridized carbons (Fsp3) is 0.769. The highest BCUT2D eigenvalue weighted by Crippen LogP contribution is 2.04. The summed E-state index contributed by atoms with van der Waals surface area (Å²) in [6, 6.07) is 0. The third-order valence-corrected chi connectivity index (χ3v) is 4.57. The molecular formula is C13H25N3O2S. The second-order valence-electron chi connectivity index (χ2n) is 5.79. The molecule has 5 nitrogen and oxygen atoms in total. The second-order valence-corrected chi connectivity index (χ2v) is 8.10. The molecule has 110 valence electrons. The van der Waals surface area contributed by atoms with Gasteiger partial charge in [0.1, 0.15) is 5.82 Å². The van der Waals surface area contributed by atoms with E-state index < -0.39 is 9.84 Å². The van der Waals surface area contributed by atoms with Crippen LogP contribution in [0.4, 0.5) is 0 Å². The van der Waals surface area contributed by atoms with Gasteiger partial charge in [-0.25, -0.2) is 13.4 Å². The van der Waals surface area contributed by atoms with Gasteiger partial charge in [0.2, 0.25) is 0 Å². The van der Waals surface area contributed by atoms with Crippen molar-refractivity contribution in [3.05, 3.63) is 18.2 Å². The average molecular weight is 287 g/mol. The Morgan fingerprint density at radius 1 is 1.32 bits per heavy atom. The molecule has 1 rings (SSSR count). The summed E-state index contributed by atoms with van der Waals surface area (Å²) in [6.45, 7) is 9.27. The number of aromatic nitrogens is 2. The van der Waals surface area contributed by atoms with Crippen LogP contribution < -0.4 is 5.32 Å². The fourth-order valence-corrected chi connectivity index (χ4v) is 3.01. The first kappa shape index (κ1) is 16.2. The first-order chi connectivity index (χ1) is 8.73. The lowest BCUT2D eigenvalue weighted by molar-refractivity contribution is 0.412. The summed E-state index contributed by atoms with van der Waals surface area (Å²) in [5, 5.41) is 3.35. The van der Waals surface area contributed by atoms with Crippen LogP contribution in [0, 0.1) is 0 Å². The van der Waals surface area contributed by atoms with E-state index in [2.05, 4.69) is 31.1 Å². The van der Waals surface area contributed by atoms with Gasteiger partial charge in [-0.2, -0.15) is 0 Å². The van der Waals surface area contributed by atoms with E-state index in [0.717, 1.165) is 5.82 Å². The zero-order valence-corrected chi connectivity index (χ0v) is 13.1. The van der Waals surface area contributed by atoms with E-state index in [-0.39, 0.29) is 17.0 Å². The SMILES string of the molecule is CCCS(=O)(=O)CCn1ccnc1CNC(C)(C)C. The Labute approximate surface area is 116 Å². The largest absolute Gasteiger partial charge is 0.333 e. The molecule has 0 atom stereocenters. The number of imidazole rings is 1. The van der Waals surface area contributed by atoms with Gasteiger partial charge in [0.25, 0.3) is 0 Å². The minimum absolute atomic E-state index is 0.0189. The molecule has 0 aliphatic heterocycles. The zero-order valence-electron chi connectivity index (χ0n) is 12.3. The van der Waals surface area contributed by atoms with Gasteiger partial charge in [0.15, 0.2) is 9.84 Å². The third-order valence-electron chi connectivity index (χ3n) is 2.74. The summed E-state index contributed by atoms with van der Waals surface area (Å²) in [6.07, 6.45) is 4.22. The Bertz CT molecular complexity index is 486. The molecule has 0 amide bonds. The van der Waals surface area contributed by atoms with Gasteiger partial charge in [-0.3, -0.25) is 0 Å². The molecule has 0 spiro atoms. The van der Waals surface area contributed by atoms with Crippen molar-refractivity contribution in [2.45, 2.75) is 52.7 Å². The molecule has 1 aromatic rings. The van der Waals surface area contributed by atoms with E-state index in [1.807, 2.05) is 17.7 Å². The molecule has 0 bridgehead atoms. The predicted octanol–water partition coefficient (Wildman–Crippen LogP) is 1.60. The molecule has 19 heavy (non-hydrogen) atoms. The van der Waals surface area contributed by atoms with Gasteiger partial charge in [0, 0.05) is 30.2 Å². The molecule has 0 saturated heterocycles. The topological polar surface area (TPSA) is 64.0 Å². The van der Waals surface area contributed by atoms with Crippen molar-refractivity contribution < 1.29 is 8.42 Å². The second kappa shape index (κ2) is 6.52. The number of rotatable bonds is 7. The van der Waals surface area contributed by atoms with Crippen LogP contribution >= 0.6 is 0 Å². The van der Waals surface area contributed by atoms with Crippen LogP contribution in [0.15, 0.2) is 12.4 Å². The zero-order chi connectivity index (χ0) is 14.5. The summed E-state index contributed by atoms with van der Waals surface area (Å²) in [5.41, 5.74) is 0.0189. The van der Waals surface area contributed by atoms with E-state index in [1.165, 1.54) is 0 Å². The van der Waals surface area contributed by atoms with Crippen LogP contribution in [0.5, 0.6) is 0 Å². The Hall–Kier alpha value is -0.880. The molecule has 0 fully saturated rings. The summed E-state index contributed by atoms with van der Waals surface area (Å²) < 4.78 is 25.3. The third kappa shape index (κ3) is 6.20. The van der Waals surface area contributed by atoms with E-state index in [4.69, 9.17) is 0 Å². The van der Waals surface area contributed by atoms with Gasteiger partial charge in [0.05, 0.1) is 12.3 Å². The highest BCUT2D eigenvalue weighted by molar-refractivity contribution is 7.91. The first-order valence-electron chi connectivity index (χ1n) is 6.69. The van der Waals surface area contributed by atoms with Gasteiger partial charge >= 0.3 is 0 Å². The minimum Gasteiger partial charge on any atom is -0.333 e. The number of sulfone groups is 1. The summed E-state index contributed by atoms with van der Waals surface area (Å²) in [4.78, 5) is 4.27. The van der Waals surface area contributed by atoms with Crippen LogP contribution in [0.25, 0.3) is 0 Å². The Balaban J connectivity index is 2.58. The molecule has 1 aromatic heterocycles. The smallest absolute Gasteiger partial charge is 0.152 e. The van der Waals surface area contributed by atoms with Crippen molar-refractivity contribution in [3.8, 4) is 0 Å². The van der Waals surface area contributed by atoms with Crippen molar-refractivity contribution in [2.24, 2.45) is 0 Å². The number of nitrogens with one attached hydrogen (secondary N) is 1. The van der Waals surface area contributed by atoms with E-state index in [1.54, 1.807) is 6.20 Å². The molecule has 0 unspecified atom stereocenters. The molecule has 0 aromatic carbocycles. The van der Waals surface area contributed by atoms with Crippen molar-refractivity contribution in [1.82, 2.24) is 14.9 Å². The van der Waals surface area contributed by atoms with Gasteiger partial charge in [-0.15, -0.1) is 0 Å². The van der Waals surface area contributed by atoms with E-state index in [9.17, 15) is 8.42 Å². The van der Waals surface area contributed by atoms with Crippen LogP contribution in [0.3, 0.4) is 0 Å². The average Bonchev–Trinajstić information content (AvgIpc) is 2.70. The van der Waals surface area contributed by atoms with E-state index >= 15 is 0 Å². The summed E-state index contributed by atoms with van der Waals surface area (Å²) in [7, 11) is -2.94. The lowest BCUT2D eigenvalue weighted by Gasteiger charge is -2.20. The molecular weight excluding hydrogens is 262 g/mol. The van der Waals surface area contributed by atoms with Crippen molar-refractivity contribution in [1.29, 1.82) is 0 Å². The molecule has 1 N–H and O–H groups in total. The molecule has 0 aliphatic rings. The monoisotopic (exact) mass is 287 g/mol. The molecule has 0 aliphatic carbocycles. The van der Waals surface area contributed by atoms with Crippen LogP contribution in [0.1, 0.15) is 39.9 Å². The first-order valence-corrected chi connectivity index (χ1v) is 8.51. The van der Waals surface area contributed by atoms with Crippen molar-refractivity contribution in [2.75, 3.05) is 11.5 Å². The highest BCUT2D eigenvalue weighted by atomic mass is 32.2. The number of hydrogen-bond donors (Lipinski definition) is 1. The number of hydrogen-bond acceptors (Lipinski definition) is 4. The maximum Gasteiger partial charge on any atom is 0.152 e. The van der Waals surface area contributed by atoms with Crippen molar-refractivity contribution in [3.63, 3.8) is 0 Å². The van der Waals surface area contributed by atoms with Crippen LogP contribution in [-0.2, 0) is 22.9 Å². The lowest BCUT2D eigenvalue weighted by Crippen LogP contribution is -2.36. The lowest BCUT2D eigenvalue weighted by atomic mass is 10.1. The molecule has 1 heterocycles. The minimum atomic E-state index is -2.94. The van der Waals surface area contributed by atoms with Crippen LogP contribution in [-0.4, -0.2) is 35.0 Å². The maximum atomic E-state index is 11.7. The molecule has 6 heteroatoms. The van der Waals surface area contributed by atoms with Crippen molar-refractivity contribution >= 4 is 9.84 Å². The van der Waals surface area contributed by atoms with Crippen LogP contribution in [0.2, 0.25) is 0 Å².